The number of carboxylic acid groups (broad SMARTS) is 1. The van der Waals surface area contributed by atoms with Crippen molar-refractivity contribution in [2.24, 2.45) is 5.92 Å². The maximum absolute atomic E-state index is 9.93. The summed E-state index contributed by atoms with van der Waals surface area (Å²) in [5.41, 5.74) is 0. The molecule has 0 aliphatic heterocycles. The van der Waals surface area contributed by atoms with Gasteiger partial charge in [0.25, 0.3) is 0 Å². The third-order valence-electron chi connectivity index (χ3n) is 0.923. The van der Waals surface area contributed by atoms with Gasteiger partial charge in [-0.05, 0) is 12.3 Å². The topological polar surface area (TPSA) is 40.1 Å². The Bertz CT molecular complexity index is 96.7. The molecule has 0 aliphatic carbocycles. The molecule has 0 bridgehead atoms. The van der Waals surface area contributed by atoms with Crippen molar-refractivity contribution in [1.82, 2.24) is 0 Å². The molecule has 0 saturated carbocycles. The normalized spacial score (nSPS) is 12.6. The molecule has 0 amide bonds. The van der Waals surface area contributed by atoms with E-state index in [1.165, 1.54) is 0 Å². The summed E-state index contributed by atoms with van der Waals surface area (Å²) in [6.07, 6.45) is 2.06. The lowest BCUT2D eigenvalue weighted by Gasteiger charge is -2.07. The van der Waals surface area contributed by atoms with Crippen LogP contribution >= 0.6 is 0 Å². The number of carboxylic acids is 1. The second kappa shape index (κ2) is 3.24. The Morgan fingerprint density at radius 1 is 2.00 bits per heavy atom. The molecule has 0 aromatic rings. The van der Waals surface area contributed by atoms with Crippen molar-refractivity contribution in [3.8, 4) is 0 Å². The first-order valence-corrected chi connectivity index (χ1v) is 2.50. The second-order valence-corrected chi connectivity index (χ2v) is 1.74. The van der Waals surface area contributed by atoms with Gasteiger partial charge in [-0.25, -0.2) is 0 Å². The highest BCUT2D eigenvalue weighted by atomic mass is 16.4. The van der Waals surface area contributed by atoms with Crippen LogP contribution in [0.15, 0.2) is 12.7 Å². The van der Waals surface area contributed by atoms with Crippen LogP contribution in [0.1, 0.15) is 13.3 Å². The van der Waals surface area contributed by atoms with Crippen molar-refractivity contribution in [2.75, 3.05) is 0 Å². The van der Waals surface area contributed by atoms with Crippen LogP contribution in [0.25, 0.3) is 0 Å². The van der Waals surface area contributed by atoms with Crippen molar-refractivity contribution < 1.29 is 9.90 Å². The van der Waals surface area contributed by atoms with E-state index < -0.39 is 11.9 Å². The third-order valence-corrected chi connectivity index (χ3v) is 0.923. The summed E-state index contributed by atoms with van der Waals surface area (Å²) in [6.45, 7) is 4.99. The SMILES string of the molecule is C=CC[C@@H](C)C(=O)[O-]. The van der Waals surface area contributed by atoms with Gasteiger partial charge in [-0.15, -0.1) is 6.58 Å². The van der Waals surface area contributed by atoms with Gasteiger partial charge in [0.2, 0.25) is 0 Å². The van der Waals surface area contributed by atoms with E-state index in [1.54, 1.807) is 13.0 Å². The summed E-state index contributed by atoms with van der Waals surface area (Å²) in [7, 11) is 0. The summed E-state index contributed by atoms with van der Waals surface area (Å²) < 4.78 is 0. The lowest BCUT2D eigenvalue weighted by molar-refractivity contribution is -0.310. The van der Waals surface area contributed by atoms with Crippen molar-refractivity contribution in [2.45, 2.75) is 13.3 Å². The van der Waals surface area contributed by atoms with Gasteiger partial charge in [-0.2, -0.15) is 0 Å². The monoisotopic (exact) mass is 113 g/mol. The molecule has 0 fully saturated rings. The fraction of sp³-hybridized carbons (Fsp3) is 0.500. The molecule has 0 aromatic carbocycles. The van der Waals surface area contributed by atoms with E-state index in [9.17, 15) is 9.90 Å². The third kappa shape index (κ3) is 2.39. The van der Waals surface area contributed by atoms with E-state index in [4.69, 9.17) is 0 Å². The number of hydrogen-bond acceptors (Lipinski definition) is 2. The summed E-state index contributed by atoms with van der Waals surface area (Å²) in [5.74, 6) is -1.41. The number of carbonyl (C=O) groups is 1. The van der Waals surface area contributed by atoms with E-state index in [-0.39, 0.29) is 0 Å². The zero-order chi connectivity index (χ0) is 6.57. The van der Waals surface area contributed by atoms with Crippen LogP contribution in [0, 0.1) is 5.92 Å². The van der Waals surface area contributed by atoms with E-state index in [2.05, 4.69) is 6.58 Å². The minimum absolute atomic E-state index is 0.396. The fourth-order valence-corrected chi connectivity index (χ4v) is 0.346. The first-order valence-electron chi connectivity index (χ1n) is 2.50. The van der Waals surface area contributed by atoms with E-state index >= 15 is 0 Å². The van der Waals surface area contributed by atoms with Gasteiger partial charge < -0.3 is 9.90 Å². The van der Waals surface area contributed by atoms with E-state index in [0.29, 0.717) is 6.42 Å². The average molecular weight is 113 g/mol. The molecule has 0 aromatic heterocycles. The molecule has 0 heterocycles. The quantitative estimate of drug-likeness (QED) is 0.481. The number of carbonyl (C=O) groups excluding carboxylic acids is 1. The zero-order valence-electron chi connectivity index (χ0n) is 4.89. The largest absolute Gasteiger partial charge is 0.550 e. The Kier molecular flexibility index (Phi) is 2.92. The van der Waals surface area contributed by atoms with Crippen LogP contribution in [0.4, 0.5) is 0 Å². The van der Waals surface area contributed by atoms with Gasteiger partial charge in [-0.3, -0.25) is 0 Å². The summed E-state index contributed by atoms with van der Waals surface area (Å²) in [5, 5.41) is 9.93. The summed E-state index contributed by atoms with van der Waals surface area (Å²) in [6, 6.07) is 0. The van der Waals surface area contributed by atoms with Crippen LogP contribution in [0.5, 0.6) is 0 Å². The smallest absolute Gasteiger partial charge is 0.0445 e. The Morgan fingerprint density at radius 2 is 2.50 bits per heavy atom. The Hall–Kier alpha value is -0.790. The predicted molar refractivity (Wildman–Crippen MR) is 29.0 cm³/mol. The van der Waals surface area contributed by atoms with Crippen LogP contribution < -0.4 is 5.11 Å². The maximum Gasteiger partial charge on any atom is 0.0445 e. The van der Waals surface area contributed by atoms with Crippen LogP contribution in [-0.2, 0) is 4.79 Å². The average Bonchev–Trinajstić information content (AvgIpc) is 1.67. The molecule has 2 heteroatoms. The number of hydrogen-bond donors (Lipinski definition) is 0. The van der Waals surface area contributed by atoms with Crippen molar-refractivity contribution in [1.29, 1.82) is 0 Å². The highest BCUT2D eigenvalue weighted by Gasteiger charge is 1.96. The molecule has 0 N–H and O–H groups in total. The molecule has 2 nitrogen and oxygen atoms in total. The predicted octanol–water partition coefficient (Wildman–Crippen LogP) is -0.0515. The van der Waals surface area contributed by atoms with Gasteiger partial charge >= 0.3 is 0 Å². The van der Waals surface area contributed by atoms with Gasteiger partial charge in [0.1, 0.15) is 0 Å². The minimum Gasteiger partial charge on any atom is -0.550 e. The zero-order valence-corrected chi connectivity index (χ0v) is 4.89. The lowest BCUT2D eigenvalue weighted by atomic mass is 10.1. The summed E-state index contributed by atoms with van der Waals surface area (Å²) in [4.78, 5) is 9.93. The molecular weight excluding hydrogens is 104 g/mol. The number of allylic oxidation sites excluding steroid dienone is 1. The second-order valence-electron chi connectivity index (χ2n) is 1.74. The molecule has 46 valence electrons. The molecule has 0 unspecified atom stereocenters. The first kappa shape index (κ1) is 7.21. The van der Waals surface area contributed by atoms with E-state index in [1.807, 2.05) is 0 Å². The molecule has 8 heavy (non-hydrogen) atoms. The molecule has 0 radical (unpaired) electrons. The van der Waals surface area contributed by atoms with Crippen molar-refractivity contribution in [3.63, 3.8) is 0 Å². The van der Waals surface area contributed by atoms with Crippen molar-refractivity contribution >= 4 is 5.97 Å². The Labute approximate surface area is 48.8 Å². The van der Waals surface area contributed by atoms with Gasteiger partial charge in [0.05, 0.1) is 0 Å². The number of aliphatic carboxylic acids is 1. The highest BCUT2D eigenvalue weighted by Crippen LogP contribution is 1.98. The number of rotatable bonds is 3. The maximum atomic E-state index is 9.93. The first-order chi connectivity index (χ1) is 3.68. The molecule has 0 saturated heterocycles. The molecular formula is C6H9O2-. The van der Waals surface area contributed by atoms with E-state index in [0.717, 1.165) is 0 Å². The van der Waals surface area contributed by atoms with Gasteiger partial charge in [0.15, 0.2) is 0 Å². The minimum atomic E-state index is -1.01. The van der Waals surface area contributed by atoms with Crippen LogP contribution in [0.3, 0.4) is 0 Å². The fourth-order valence-electron chi connectivity index (χ4n) is 0.346. The molecule has 1 atom stereocenters. The summed E-state index contributed by atoms with van der Waals surface area (Å²) >= 11 is 0. The van der Waals surface area contributed by atoms with Crippen molar-refractivity contribution in [3.05, 3.63) is 12.7 Å². The molecule has 0 rings (SSSR count). The Morgan fingerprint density at radius 3 is 2.62 bits per heavy atom. The molecule has 0 spiro atoms. The van der Waals surface area contributed by atoms with Gasteiger partial charge in [-0.1, -0.05) is 13.0 Å². The Balaban J connectivity index is 3.46. The standard InChI is InChI=1S/C6H10O2/c1-3-4-5(2)6(7)8/h3,5H,1,4H2,2H3,(H,7,8)/p-1/t5-/m1/s1. The van der Waals surface area contributed by atoms with Crippen LogP contribution in [-0.4, -0.2) is 5.97 Å². The van der Waals surface area contributed by atoms with Gasteiger partial charge in [0, 0.05) is 5.97 Å². The molecule has 0 aliphatic rings. The van der Waals surface area contributed by atoms with Crippen LogP contribution in [0.2, 0.25) is 0 Å². The highest BCUT2D eigenvalue weighted by molar-refractivity contribution is 5.67. The lowest BCUT2D eigenvalue weighted by Crippen LogP contribution is -2.28.